The van der Waals surface area contributed by atoms with Crippen LogP contribution in [0, 0.1) is 0 Å². The summed E-state index contributed by atoms with van der Waals surface area (Å²) in [5.74, 6) is 0.932. The van der Waals surface area contributed by atoms with Crippen molar-refractivity contribution in [2.75, 3.05) is 13.2 Å². The highest BCUT2D eigenvalue weighted by molar-refractivity contribution is 6.31. The van der Waals surface area contributed by atoms with Gasteiger partial charge in [0.2, 0.25) is 0 Å². The van der Waals surface area contributed by atoms with Crippen LogP contribution in [-0.4, -0.2) is 58.1 Å². The summed E-state index contributed by atoms with van der Waals surface area (Å²) < 4.78 is 11.3. The van der Waals surface area contributed by atoms with E-state index in [9.17, 15) is 20.4 Å². The maximum atomic E-state index is 10.4. The number of aliphatic hydroxyl groups excluding tert-OH is 4. The van der Waals surface area contributed by atoms with Crippen molar-refractivity contribution in [3.63, 3.8) is 0 Å². The van der Waals surface area contributed by atoms with E-state index in [1.807, 2.05) is 18.2 Å². The van der Waals surface area contributed by atoms with Crippen molar-refractivity contribution in [3.8, 4) is 5.75 Å². The molecule has 2 aromatic rings. The van der Waals surface area contributed by atoms with Crippen LogP contribution in [0.25, 0.3) is 0 Å². The molecule has 0 aliphatic carbocycles. The molecule has 0 aromatic heterocycles. The molecule has 156 valence electrons. The normalized spacial score (nSPS) is 29.2. The molecule has 0 radical (unpaired) electrons. The summed E-state index contributed by atoms with van der Waals surface area (Å²) in [6, 6.07) is 11.4. The lowest BCUT2D eigenvalue weighted by Gasteiger charge is -2.40. The third-order valence-corrected chi connectivity index (χ3v) is 6.03. The maximum Gasteiger partial charge on any atom is 0.122 e. The van der Waals surface area contributed by atoms with Crippen molar-refractivity contribution in [2.45, 2.75) is 49.8 Å². The van der Waals surface area contributed by atoms with Gasteiger partial charge in [0.15, 0.2) is 0 Å². The monoisotopic (exact) mass is 420 g/mol. The molecule has 1 fully saturated rings. The number of aryl methyl sites for hydroxylation is 1. The zero-order valence-corrected chi connectivity index (χ0v) is 16.6. The van der Waals surface area contributed by atoms with Gasteiger partial charge in [-0.25, -0.2) is 0 Å². The Morgan fingerprint density at radius 1 is 1.00 bits per heavy atom. The fraction of sp³-hybridized carbons (Fsp3) is 0.455. The number of ether oxygens (including phenoxy) is 2. The van der Waals surface area contributed by atoms with Gasteiger partial charge in [0.25, 0.3) is 0 Å². The van der Waals surface area contributed by atoms with Crippen LogP contribution in [0.1, 0.15) is 34.8 Å². The van der Waals surface area contributed by atoms with E-state index in [-0.39, 0.29) is 0 Å². The van der Waals surface area contributed by atoms with E-state index in [4.69, 9.17) is 21.1 Å². The van der Waals surface area contributed by atoms with Crippen molar-refractivity contribution in [1.29, 1.82) is 0 Å². The van der Waals surface area contributed by atoms with Crippen LogP contribution >= 0.6 is 11.6 Å². The van der Waals surface area contributed by atoms with E-state index in [1.165, 1.54) is 5.56 Å². The summed E-state index contributed by atoms with van der Waals surface area (Å²) in [6.07, 6.45) is -3.34. The van der Waals surface area contributed by atoms with Crippen molar-refractivity contribution >= 4 is 11.6 Å². The molecular formula is C22H25ClO6. The first-order chi connectivity index (χ1) is 14.0. The van der Waals surface area contributed by atoms with Gasteiger partial charge in [-0.2, -0.15) is 0 Å². The standard InChI is InChI=1S/C22H25ClO6/c23-16-5-4-14(22-21(27)20(26)19(25)18(11-24)29-22)10-15(16)9-12-3-6-17-13(8-12)2-1-7-28-17/h3-6,8,10,18-22,24-27H,1-2,7,9,11H2/t18-,19-,20?,21-,22+/m1/s1. The molecule has 1 saturated heterocycles. The van der Waals surface area contributed by atoms with E-state index in [0.717, 1.165) is 36.3 Å². The molecule has 2 aromatic carbocycles. The lowest BCUT2D eigenvalue weighted by Crippen LogP contribution is -2.55. The van der Waals surface area contributed by atoms with Crippen LogP contribution in [0.4, 0.5) is 0 Å². The van der Waals surface area contributed by atoms with Gasteiger partial charge >= 0.3 is 0 Å². The molecule has 2 aliphatic heterocycles. The quantitative estimate of drug-likeness (QED) is 0.601. The molecular weight excluding hydrogens is 396 g/mol. The number of hydrogen-bond acceptors (Lipinski definition) is 6. The average Bonchev–Trinajstić information content (AvgIpc) is 2.74. The average molecular weight is 421 g/mol. The molecule has 2 aliphatic rings. The Morgan fingerprint density at radius 2 is 1.83 bits per heavy atom. The molecule has 7 heteroatoms. The number of hydrogen-bond donors (Lipinski definition) is 4. The summed E-state index contributed by atoms with van der Waals surface area (Å²) >= 11 is 6.42. The Morgan fingerprint density at radius 3 is 2.62 bits per heavy atom. The molecule has 0 amide bonds. The molecule has 0 spiro atoms. The first-order valence-corrected chi connectivity index (χ1v) is 10.2. The number of benzene rings is 2. The second-order valence-electron chi connectivity index (χ2n) is 7.67. The van der Waals surface area contributed by atoms with Crippen LogP contribution < -0.4 is 4.74 Å². The minimum atomic E-state index is -1.41. The molecule has 5 atom stereocenters. The second kappa shape index (κ2) is 8.60. The van der Waals surface area contributed by atoms with Gasteiger partial charge in [0, 0.05) is 5.02 Å². The van der Waals surface area contributed by atoms with Gasteiger partial charge in [0.1, 0.15) is 36.3 Å². The molecule has 6 nitrogen and oxygen atoms in total. The Balaban J connectivity index is 1.59. The highest BCUT2D eigenvalue weighted by Crippen LogP contribution is 2.35. The molecule has 0 saturated carbocycles. The van der Waals surface area contributed by atoms with Gasteiger partial charge in [0.05, 0.1) is 13.2 Å². The maximum absolute atomic E-state index is 10.4. The smallest absolute Gasteiger partial charge is 0.122 e. The van der Waals surface area contributed by atoms with Gasteiger partial charge in [-0.05, 0) is 53.6 Å². The van der Waals surface area contributed by atoms with Crippen molar-refractivity contribution in [2.24, 2.45) is 0 Å². The van der Waals surface area contributed by atoms with E-state index in [2.05, 4.69) is 6.07 Å². The van der Waals surface area contributed by atoms with Gasteiger partial charge < -0.3 is 29.9 Å². The predicted octanol–water partition coefficient (Wildman–Crippen LogP) is 1.77. The topological polar surface area (TPSA) is 99.4 Å². The summed E-state index contributed by atoms with van der Waals surface area (Å²) in [7, 11) is 0. The van der Waals surface area contributed by atoms with Gasteiger partial charge in [-0.15, -0.1) is 0 Å². The number of fused-ring (bicyclic) bond motifs is 1. The van der Waals surface area contributed by atoms with Crippen molar-refractivity contribution in [1.82, 2.24) is 0 Å². The summed E-state index contributed by atoms with van der Waals surface area (Å²) in [5.41, 5.74) is 3.78. The highest BCUT2D eigenvalue weighted by Gasteiger charge is 2.44. The minimum Gasteiger partial charge on any atom is -0.493 e. The van der Waals surface area contributed by atoms with Crippen LogP contribution in [0.2, 0.25) is 5.02 Å². The van der Waals surface area contributed by atoms with E-state index >= 15 is 0 Å². The lowest BCUT2D eigenvalue weighted by atomic mass is 9.90. The molecule has 4 rings (SSSR count). The molecule has 29 heavy (non-hydrogen) atoms. The van der Waals surface area contributed by atoms with E-state index < -0.39 is 37.1 Å². The zero-order valence-electron chi connectivity index (χ0n) is 15.9. The van der Waals surface area contributed by atoms with Crippen LogP contribution in [0.5, 0.6) is 5.75 Å². The third kappa shape index (κ3) is 4.14. The third-order valence-electron chi connectivity index (χ3n) is 5.66. The summed E-state index contributed by atoms with van der Waals surface area (Å²) in [6.45, 7) is 0.290. The van der Waals surface area contributed by atoms with Gasteiger partial charge in [-0.3, -0.25) is 0 Å². The lowest BCUT2D eigenvalue weighted by molar-refractivity contribution is -0.231. The fourth-order valence-corrected chi connectivity index (χ4v) is 4.21. The van der Waals surface area contributed by atoms with Crippen LogP contribution in [-0.2, 0) is 17.6 Å². The van der Waals surface area contributed by atoms with Crippen molar-refractivity contribution < 1.29 is 29.9 Å². The molecule has 0 bridgehead atoms. The van der Waals surface area contributed by atoms with Crippen LogP contribution in [0.15, 0.2) is 36.4 Å². The fourth-order valence-electron chi connectivity index (χ4n) is 4.03. The number of rotatable bonds is 4. The van der Waals surface area contributed by atoms with Crippen LogP contribution in [0.3, 0.4) is 0 Å². The molecule has 4 N–H and O–H groups in total. The van der Waals surface area contributed by atoms with Crippen molar-refractivity contribution in [3.05, 3.63) is 63.7 Å². The van der Waals surface area contributed by atoms with E-state index in [0.29, 0.717) is 17.0 Å². The Bertz CT molecular complexity index is 870. The predicted molar refractivity (Wildman–Crippen MR) is 107 cm³/mol. The van der Waals surface area contributed by atoms with Gasteiger partial charge in [-0.1, -0.05) is 35.9 Å². The summed E-state index contributed by atoms with van der Waals surface area (Å²) in [5, 5.41) is 40.5. The highest BCUT2D eigenvalue weighted by atomic mass is 35.5. The SMILES string of the molecule is OC[C@H]1O[C@@H](c2ccc(Cl)c(Cc3ccc4c(c3)CCCO4)c2)[C@H](O)C(O)[C@@H]1O. The van der Waals surface area contributed by atoms with E-state index in [1.54, 1.807) is 12.1 Å². The Labute approximate surface area is 174 Å². The number of halogens is 1. The Kier molecular flexibility index (Phi) is 6.11. The summed E-state index contributed by atoms with van der Waals surface area (Å²) in [4.78, 5) is 0. The zero-order chi connectivity index (χ0) is 20.5. The molecule has 1 unspecified atom stereocenters. The first kappa shape index (κ1) is 20.6. The second-order valence-corrected chi connectivity index (χ2v) is 8.08. The Hall–Kier alpha value is -1.67. The number of aliphatic hydroxyl groups is 4. The first-order valence-electron chi connectivity index (χ1n) is 9.81. The molecule has 2 heterocycles. The minimum absolute atomic E-state index is 0.459. The largest absolute Gasteiger partial charge is 0.493 e.